The molecule has 1 aromatic carbocycles. The molecule has 0 amide bonds. The van der Waals surface area contributed by atoms with Gasteiger partial charge in [-0.05, 0) is 33.8 Å². The van der Waals surface area contributed by atoms with E-state index < -0.39 is 28.7 Å². The van der Waals surface area contributed by atoms with Crippen molar-refractivity contribution in [1.82, 2.24) is 0 Å². The summed E-state index contributed by atoms with van der Waals surface area (Å²) < 4.78 is 20.9. The first kappa shape index (κ1) is 23.8. The van der Waals surface area contributed by atoms with Crippen molar-refractivity contribution in [1.29, 1.82) is 0 Å². The average Bonchev–Trinajstić information content (AvgIpc) is 2.72. The molecule has 0 N–H and O–H groups in total. The summed E-state index contributed by atoms with van der Waals surface area (Å²) in [6, 6.07) is 2.61. The zero-order chi connectivity index (χ0) is 23.3. The molecule has 31 heavy (non-hydrogen) atoms. The number of allylic oxidation sites excluding steroid dienone is 1. The summed E-state index contributed by atoms with van der Waals surface area (Å²) in [6.07, 6.45) is 0. The lowest BCUT2D eigenvalue weighted by Crippen LogP contribution is -2.37. The van der Waals surface area contributed by atoms with Gasteiger partial charge in [-0.2, -0.15) is 0 Å². The van der Waals surface area contributed by atoms with Crippen molar-refractivity contribution in [3.63, 3.8) is 0 Å². The molecule has 1 aromatic rings. The first-order valence-electron chi connectivity index (χ1n) is 9.71. The van der Waals surface area contributed by atoms with Gasteiger partial charge in [0.1, 0.15) is 5.92 Å². The van der Waals surface area contributed by atoms with E-state index in [-0.39, 0.29) is 41.5 Å². The van der Waals surface area contributed by atoms with Crippen LogP contribution >= 0.6 is 0 Å². The highest BCUT2D eigenvalue weighted by atomic mass is 16.6. The van der Waals surface area contributed by atoms with Crippen molar-refractivity contribution in [3.8, 4) is 11.5 Å². The van der Waals surface area contributed by atoms with Crippen LogP contribution in [0.4, 0.5) is 5.69 Å². The molecule has 10 heteroatoms. The fraction of sp³-hybridized carbons (Fsp3) is 0.476. The predicted molar refractivity (Wildman–Crippen MR) is 112 cm³/mol. The molecule has 1 aliphatic rings. The summed E-state index contributed by atoms with van der Waals surface area (Å²) in [4.78, 5) is 41.4. The molecule has 168 valence electrons. The maximum Gasteiger partial charge on any atom is 0.336 e. The molecule has 10 nitrogen and oxygen atoms in total. The third kappa shape index (κ3) is 4.68. The van der Waals surface area contributed by atoms with Crippen LogP contribution in [0.2, 0.25) is 0 Å². The van der Waals surface area contributed by atoms with Gasteiger partial charge in [0.2, 0.25) is 0 Å². The number of methoxy groups -OCH3 is 2. The van der Waals surface area contributed by atoms with E-state index in [1.807, 2.05) is 0 Å². The van der Waals surface area contributed by atoms with Crippen LogP contribution in [0.15, 0.2) is 28.4 Å². The van der Waals surface area contributed by atoms with Crippen LogP contribution in [0.1, 0.15) is 39.2 Å². The van der Waals surface area contributed by atoms with Crippen LogP contribution in [0, 0.1) is 16.0 Å². The minimum absolute atomic E-state index is 0.0563. The van der Waals surface area contributed by atoms with E-state index in [0.29, 0.717) is 11.4 Å². The van der Waals surface area contributed by atoms with Crippen LogP contribution in [-0.4, -0.2) is 50.0 Å². The minimum atomic E-state index is -1.06. The number of carbonyl (C=O) groups excluding carboxylic acids is 2. The highest BCUT2D eigenvalue weighted by Crippen LogP contribution is 2.46. The molecule has 1 aliphatic heterocycles. The van der Waals surface area contributed by atoms with Gasteiger partial charge in [-0.25, -0.2) is 4.79 Å². The van der Waals surface area contributed by atoms with Crippen LogP contribution in [-0.2, 0) is 19.1 Å². The SMILES string of the molecule is CCOC(=O)C1=C(C)N=C(C)C(C(=O)OCC)C1c1cc(OC)c(OC)cc1[N+](=O)[O-]. The molecule has 0 aromatic heterocycles. The Bertz CT molecular complexity index is 951. The fourth-order valence-electron chi connectivity index (χ4n) is 3.68. The number of hydrogen-bond acceptors (Lipinski definition) is 9. The van der Waals surface area contributed by atoms with E-state index in [1.54, 1.807) is 27.7 Å². The number of nitro benzene ring substituents is 1. The molecular weight excluding hydrogens is 408 g/mol. The Kier molecular flexibility index (Phi) is 7.73. The third-order valence-corrected chi connectivity index (χ3v) is 4.93. The first-order chi connectivity index (χ1) is 14.7. The average molecular weight is 434 g/mol. The summed E-state index contributed by atoms with van der Waals surface area (Å²) >= 11 is 0. The molecule has 2 rings (SSSR count). The van der Waals surface area contributed by atoms with E-state index >= 15 is 0 Å². The molecular formula is C21H26N2O8. The van der Waals surface area contributed by atoms with Crippen molar-refractivity contribution in [2.24, 2.45) is 10.9 Å². The number of aliphatic imine (C=N–C) groups is 1. The van der Waals surface area contributed by atoms with Gasteiger partial charge < -0.3 is 18.9 Å². The monoisotopic (exact) mass is 434 g/mol. The number of carbonyl (C=O) groups is 2. The van der Waals surface area contributed by atoms with Gasteiger partial charge in [0.15, 0.2) is 11.5 Å². The number of nitrogens with zero attached hydrogens (tertiary/aromatic N) is 2. The van der Waals surface area contributed by atoms with Crippen LogP contribution in [0.25, 0.3) is 0 Å². The molecule has 2 unspecified atom stereocenters. The van der Waals surface area contributed by atoms with E-state index in [1.165, 1.54) is 26.4 Å². The number of esters is 2. The summed E-state index contributed by atoms with van der Waals surface area (Å²) in [5, 5.41) is 11.9. The largest absolute Gasteiger partial charge is 0.493 e. The summed E-state index contributed by atoms with van der Waals surface area (Å²) in [7, 11) is 2.74. The lowest BCUT2D eigenvalue weighted by molar-refractivity contribution is -0.385. The first-order valence-corrected chi connectivity index (χ1v) is 9.71. The van der Waals surface area contributed by atoms with Gasteiger partial charge in [0.05, 0.1) is 44.0 Å². The van der Waals surface area contributed by atoms with Gasteiger partial charge >= 0.3 is 11.9 Å². The van der Waals surface area contributed by atoms with E-state index in [2.05, 4.69) is 4.99 Å². The summed E-state index contributed by atoms with van der Waals surface area (Å²) in [5.41, 5.74) is 0.503. The number of benzene rings is 1. The topological polar surface area (TPSA) is 127 Å². The van der Waals surface area contributed by atoms with Gasteiger partial charge in [0, 0.05) is 22.9 Å². The molecule has 0 saturated heterocycles. The maximum absolute atomic E-state index is 12.9. The van der Waals surface area contributed by atoms with E-state index in [4.69, 9.17) is 18.9 Å². The van der Waals surface area contributed by atoms with Gasteiger partial charge in [0.25, 0.3) is 5.69 Å². The van der Waals surface area contributed by atoms with Gasteiger partial charge in [-0.15, -0.1) is 0 Å². The van der Waals surface area contributed by atoms with Gasteiger partial charge in [-0.3, -0.25) is 19.9 Å². The standard InChI is InChI=1S/C21H26N2O8/c1-7-30-20(24)17-11(3)22-12(4)18(21(25)31-8-2)19(17)13-9-15(28-5)16(29-6)10-14(13)23(26)27/h9-10,17,19H,7-8H2,1-6H3. The maximum atomic E-state index is 12.9. The Balaban J connectivity index is 2.88. The molecule has 0 radical (unpaired) electrons. The zero-order valence-electron chi connectivity index (χ0n) is 18.4. The molecule has 0 bridgehead atoms. The third-order valence-electron chi connectivity index (χ3n) is 4.93. The smallest absolute Gasteiger partial charge is 0.336 e. The number of hydrogen-bond donors (Lipinski definition) is 0. The molecule has 2 atom stereocenters. The van der Waals surface area contributed by atoms with Crippen molar-refractivity contribution in [2.45, 2.75) is 33.6 Å². The number of ether oxygens (including phenoxy) is 4. The highest BCUT2D eigenvalue weighted by Gasteiger charge is 2.45. The normalized spacial score (nSPS) is 18.2. The Morgan fingerprint density at radius 2 is 1.65 bits per heavy atom. The van der Waals surface area contributed by atoms with Crippen LogP contribution in [0.5, 0.6) is 11.5 Å². The van der Waals surface area contributed by atoms with Crippen molar-refractivity contribution >= 4 is 23.3 Å². The second-order valence-electron chi connectivity index (χ2n) is 6.70. The quantitative estimate of drug-likeness (QED) is 0.347. The zero-order valence-corrected chi connectivity index (χ0v) is 18.4. The van der Waals surface area contributed by atoms with Crippen molar-refractivity contribution in [2.75, 3.05) is 27.4 Å². The molecule has 0 saturated carbocycles. The Morgan fingerprint density at radius 3 is 2.16 bits per heavy atom. The molecule has 0 aliphatic carbocycles. The van der Waals surface area contributed by atoms with Crippen LogP contribution < -0.4 is 9.47 Å². The van der Waals surface area contributed by atoms with Crippen molar-refractivity contribution < 1.29 is 33.5 Å². The van der Waals surface area contributed by atoms with Crippen LogP contribution in [0.3, 0.4) is 0 Å². The summed E-state index contributed by atoms with van der Waals surface area (Å²) in [6.45, 7) is 6.68. The number of rotatable bonds is 8. The number of nitro groups is 1. The Labute approximate surface area is 180 Å². The second kappa shape index (κ2) is 10.1. The summed E-state index contributed by atoms with van der Waals surface area (Å²) in [5.74, 6) is -3.11. The Hall–Kier alpha value is -3.43. The highest BCUT2D eigenvalue weighted by molar-refractivity contribution is 6.07. The van der Waals surface area contributed by atoms with E-state index in [0.717, 1.165) is 0 Å². The lowest BCUT2D eigenvalue weighted by atomic mass is 9.75. The molecule has 0 fully saturated rings. The van der Waals surface area contributed by atoms with Gasteiger partial charge in [-0.1, -0.05) is 0 Å². The second-order valence-corrected chi connectivity index (χ2v) is 6.70. The molecule has 1 heterocycles. The predicted octanol–water partition coefficient (Wildman–Crippen LogP) is 3.19. The lowest BCUT2D eigenvalue weighted by Gasteiger charge is -2.31. The van der Waals surface area contributed by atoms with E-state index in [9.17, 15) is 19.7 Å². The van der Waals surface area contributed by atoms with Crippen molar-refractivity contribution in [3.05, 3.63) is 39.1 Å². The molecule has 0 spiro atoms. The Morgan fingerprint density at radius 1 is 1.06 bits per heavy atom. The minimum Gasteiger partial charge on any atom is -0.493 e. The fourth-order valence-corrected chi connectivity index (χ4v) is 3.68.